The molecule has 8 aromatic rings. The molecule has 8 heteroatoms. The molecule has 0 atom stereocenters. The molecule has 12 rings (SSSR count). The van der Waals surface area contributed by atoms with E-state index in [0.717, 1.165) is 0 Å². The van der Waals surface area contributed by atoms with Crippen molar-refractivity contribution >= 4 is 96.1 Å². The van der Waals surface area contributed by atoms with Crippen LogP contribution in [0.2, 0.25) is 74.5 Å². The molecule has 4 fully saturated rings. The second kappa shape index (κ2) is 20.4. The summed E-state index contributed by atoms with van der Waals surface area (Å²) in [5.74, 6) is 0. The van der Waals surface area contributed by atoms with Gasteiger partial charge < -0.3 is 24.8 Å². The Kier molecular flexibility index (Phi) is 16.7. The molecule has 0 spiro atoms. The molecule has 4 heterocycles. The Labute approximate surface area is 406 Å². The first-order valence-electron chi connectivity index (χ1n) is 21.8. The Hall–Kier alpha value is -1.80. The van der Waals surface area contributed by atoms with E-state index >= 15 is 0 Å². The fourth-order valence-electron chi connectivity index (χ4n) is 10.6. The largest absolute Gasteiger partial charge is 2.00 e. The van der Waals surface area contributed by atoms with Crippen molar-refractivity contribution in [3.05, 3.63) is 146 Å². The van der Waals surface area contributed by atoms with Crippen LogP contribution < -0.4 is 45.6 Å². The predicted octanol–water partition coefficient (Wildman–Crippen LogP) is 7.00. The van der Waals surface area contributed by atoms with Gasteiger partial charge in [-0.25, -0.2) is 0 Å². The summed E-state index contributed by atoms with van der Waals surface area (Å²) in [7, 11) is -3.94. The molecule has 4 aliphatic rings. The van der Waals surface area contributed by atoms with Crippen LogP contribution in [0.25, 0.3) is 43.1 Å². The van der Waals surface area contributed by atoms with Gasteiger partial charge in [0.2, 0.25) is 0 Å². The number of benzene rings is 4. The van der Waals surface area contributed by atoms with E-state index in [4.69, 9.17) is 0 Å². The molecule has 0 amide bonds. The van der Waals surface area contributed by atoms with Gasteiger partial charge in [-0.2, -0.15) is 48.5 Å². The molecule has 0 aliphatic carbocycles. The summed E-state index contributed by atoms with van der Waals surface area (Å²) in [4.78, 5) is 0. The van der Waals surface area contributed by atoms with E-state index in [1.54, 1.807) is 20.7 Å². The molecule has 4 saturated heterocycles. The van der Waals surface area contributed by atoms with Gasteiger partial charge in [-0.1, -0.05) is 124 Å². The molecule has 8 aromatic carbocycles. The number of fused-ring (bicyclic) bond motifs is 4. The maximum absolute atomic E-state index is 2.54. The van der Waals surface area contributed by atoms with Crippen LogP contribution in [0.4, 0.5) is 0 Å². The molecule has 0 unspecified atom stereocenters. The van der Waals surface area contributed by atoms with Gasteiger partial charge in [0.05, 0.1) is 0 Å². The minimum absolute atomic E-state index is 0. The second-order valence-corrected chi connectivity index (χ2v) is 37.6. The molecule has 60 heavy (non-hydrogen) atoms. The Morgan fingerprint density at radius 3 is 0.650 bits per heavy atom. The van der Waals surface area contributed by atoms with Gasteiger partial charge >= 0.3 is 43.4 Å². The fraction of sp³-hybridized carbons (Fsp3) is 0.308. The van der Waals surface area contributed by atoms with Gasteiger partial charge in [0.15, 0.2) is 0 Å². The third-order valence-corrected chi connectivity index (χ3v) is 33.8. The standard InChI is InChI=1S/4C13H15Si.2ClH.2Ti/c4*1-14(9-4-10-14)13-8-7-11-5-2-3-6-12(11)13;;;;/h4*2-3,5-8H,4,9-10H2,1H3;2*1H;;/q4*-1;;;2*+2/p-2. The van der Waals surface area contributed by atoms with Crippen LogP contribution in [-0.4, -0.2) is 32.3 Å². The minimum atomic E-state index is -0.985. The molecule has 0 N–H and O–H groups in total. The molecular formula is C52H60Cl2Si4Ti2-2. The molecule has 0 nitrogen and oxygen atoms in total. The van der Waals surface area contributed by atoms with Gasteiger partial charge in [-0.3, -0.25) is 0 Å². The molecular weight excluding hydrogens is 904 g/mol. The topological polar surface area (TPSA) is 0 Å². The Balaban J connectivity index is 0.000000148. The zero-order chi connectivity index (χ0) is 38.4. The molecule has 308 valence electrons. The second-order valence-electron chi connectivity index (χ2n) is 19.0. The normalized spacial score (nSPS) is 18.2. The van der Waals surface area contributed by atoms with Crippen molar-refractivity contribution in [3.8, 4) is 0 Å². The molecule has 4 aliphatic heterocycles. The zero-order valence-corrected chi connectivity index (χ0v) is 44.7. The molecule has 0 aromatic heterocycles. The summed E-state index contributed by atoms with van der Waals surface area (Å²) in [6, 6.07) is 66.0. The fourth-order valence-corrected chi connectivity index (χ4v) is 23.9. The first kappa shape index (κ1) is 49.2. The van der Waals surface area contributed by atoms with E-state index in [0.29, 0.717) is 0 Å². The summed E-state index contributed by atoms with van der Waals surface area (Å²) in [6.45, 7) is 10.2. The average Bonchev–Trinajstić information content (AvgIpc) is 4.00. The van der Waals surface area contributed by atoms with Crippen molar-refractivity contribution in [2.24, 2.45) is 0 Å². The van der Waals surface area contributed by atoms with Gasteiger partial charge in [-0.05, 0) is 0 Å². The summed E-state index contributed by atoms with van der Waals surface area (Å²) >= 11 is 0. The Morgan fingerprint density at radius 2 is 0.483 bits per heavy atom. The first-order valence-corrected chi connectivity index (χ1v) is 33.4. The third kappa shape index (κ3) is 9.51. The number of halogens is 2. The molecule has 0 radical (unpaired) electrons. The maximum atomic E-state index is 2.54. The Bertz CT molecular complexity index is 2240. The van der Waals surface area contributed by atoms with Crippen LogP contribution in [0.1, 0.15) is 25.7 Å². The van der Waals surface area contributed by atoms with Crippen molar-refractivity contribution in [2.45, 2.75) is 100 Å². The number of hydrogen-bond donors (Lipinski definition) is 0. The molecule has 0 saturated carbocycles. The summed E-state index contributed by atoms with van der Waals surface area (Å²) < 4.78 is 0. The average molecular weight is 964 g/mol. The number of rotatable bonds is 4. The van der Waals surface area contributed by atoms with Crippen LogP contribution in [-0.2, 0) is 43.4 Å². The van der Waals surface area contributed by atoms with Crippen LogP contribution in [0.3, 0.4) is 0 Å². The van der Waals surface area contributed by atoms with E-state index in [1.165, 1.54) is 117 Å². The third-order valence-electron chi connectivity index (χ3n) is 15.2. The number of hydrogen-bond acceptors (Lipinski definition) is 0. The van der Waals surface area contributed by atoms with Crippen molar-refractivity contribution in [3.63, 3.8) is 0 Å². The van der Waals surface area contributed by atoms with E-state index in [9.17, 15) is 0 Å². The van der Waals surface area contributed by atoms with Crippen molar-refractivity contribution in [2.75, 3.05) is 0 Å². The summed E-state index contributed by atoms with van der Waals surface area (Å²) in [6.07, 6.45) is 5.84. The smallest absolute Gasteiger partial charge is 1.00 e. The van der Waals surface area contributed by atoms with Gasteiger partial charge in [-0.15, -0.1) is 137 Å². The van der Waals surface area contributed by atoms with Crippen molar-refractivity contribution < 1.29 is 68.2 Å². The van der Waals surface area contributed by atoms with Crippen LogP contribution in [0.5, 0.6) is 0 Å². The summed E-state index contributed by atoms with van der Waals surface area (Å²) in [5.41, 5.74) is 0. The van der Waals surface area contributed by atoms with Crippen LogP contribution >= 0.6 is 0 Å². The SMILES string of the molecule is C[Si]1([c-]2ccc3ccccc32)CCC1.C[Si]1([c-]2ccc3ccccc32)CCC1.C[Si]1([c-]2ccc3ccccc32)CCC1.C[Si]1([c-]2ccc3ccccc32)CCC1.[Cl-].[Cl-].[Ti+2].[Ti+2]. The van der Waals surface area contributed by atoms with Gasteiger partial charge in [0.25, 0.3) is 0 Å². The quantitative estimate of drug-likeness (QED) is 0.132. The van der Waals surface area contributed by atoms with E-state index in [2.05, 4.69) is 172 Å². The van der Waals surface area contributed by atoms with Gasteiger partial charge in [0, 0.05) is 32.3 Å². The monoisotopic (exact) mass is 962 g/mol. The van der Waals surface area contributed by atoms with E-state index < -0.39 is 32.3 Å². The minimum Gasteiger partial charge on any atom is -1.00 e. The summed E-state index contributed by atoms with van der Waals surface area (Å²) in [5, 5.41) is 18.7. The maximum Gasteiger partial charge on any atom is 2.00 e. The zero-order valence-electron chi connectivity index (χ0n) is 36.1. The van der Waals surface area contributed by atoms with Gasteiger partial charge in [0.1, 0.15) is 0 Å². The van der Waals surface area contributed by atoms with Crippen molar-refractivity contribution in [1.82, 2.24) is 0 Å². The van der Waals surface area contributed by atoms with Crippen LogP contribution in [0.15, 0.2) is 146 Å². The molecule has 0 bridgehead atoms. The first-order chi connectivity index (χ1) is 27.2. The van der Waals surface area contributed by atoms with Crippen molar-refractivity contribution in [1.29, 1.82) is 0 Å². The predicted molar refractivity (Wildman–Crippen MR) is 260 cm³/mol. The van der Waals surface area contributed by atoms with E-state index in [-0.39, 0.29) is 68.2 Å². The van der Waals surface area contributed by atoms with Crippen LogP contribution in [0, 0.1) is 0 Å². The van der Waals surface area contributed by atoms with E-state index in [1.807, 2.05) is 0 Å². The Morgan fingerprint density at radius 1 is 0.300 bits per heavy atom.